The average Bonchev–Trinajstić information content (AvgIpc) is 2.58. The van der Waals surface area contributed by atoms with Gasteiger partial charge in [-0.2, -0.15) is 0 Å². The Morgan fingerprint density at radius 2 is 1.41 bits per heavy atom. The molecular weight excluding hydrogens is 268 g/mol. The minimum Gasteiger partial charge on any atom is -0.374 e. The van der Waals surface area contributed by atoms with Crippen molar-refractivity contribution >= 4 is 0 Å². The first-order chi connectivity index (χ1) is 10.8. The first-order valence-electron chi connectivity index (χ1n) is 9.65. The van der Waals surface area contributed by atoms with Crippen molar-refractivity contribution in [2.45, 2.75) is 83.7 Å². The molecule has 22 heavy (non-hydrogen) atoms. The molecule has 0 spiro atoms. The Morgan fingerprint density at radius 3 is 1.95 bits per heavy atom. The fraction of sp³-hybridized carbons (Fsp3) is 0.810. The zero-order valence-corrected chi connectivity index (χ0v) is 14.6. The van der Waals surface area contributed by atoms with Crippen LogP contribution in [0.3, 0.4) is 0 Å². The zero-order chi connectivity index (χ0) is 15.6. The Bertz CT molecular complexity index is 317. The van der Waals surface area contributed by atoms with Crippen molar-refractivity contribution in [3.05, 3.63) is 24.8 Å². The standard InChI is InChI=1S/C21H36O/c1-3-5-6-18-7-9-19(10-8-18)11-12-20-13-15-21(16-14-20)22-17-4-2/h3-5,18-21H,2,6-17H2,1H3. The summed E-state index contributed by atoms with van der Waals surface area (Å²) in [5, 5.41) is 0. The first kappa shape index (κ1) is 17.8. The molecule has 1 nitrogen and oxygen atoms in total. The van der Waals surface area contributed by atoms with Gasteiger partial charge in [-0.05, 0) is 69.6 Å². The third-order valence-electron chi connectivity index (χ3n) is 5.90. The fourth-order valence-corrected chi connectivity index (χ4v) is 4.35. The van der Waals surface area contributed by atoms with E-state index < -0.39 is 0 Å². The van der Waals surface area contributed by atoms with Gasteiger partial charge in [-0.1, -0.05) is 43.9 Å². The van der Waals surface area contributed by atoms with Gasteiger partial charge >= 0.3 is 0 Å². The molecule has 0 radical (unpaired) electrons. The van der Waals surface area contributed by atoms with Crippen molar-refractivity contribution in [1.82, 2.24) is 0 Å². The minimum absolute atomic E-state index is 0.510. The van der Waals surface area contributed by atoms with Crippen LogP contribution < -0.4 is 0 Å². The van der Waals surface area contributed by atoms with E-state index in [-0.39, 0.29) is 0 Å². The number of hydrogen-bond donors (Lipinski definition) is 0. The molecule has 2 rings (SSSR count). The Labute approximate surface area is 138 Å². The van der Waals surface area contributed by atoms with Gasteiger partial charge in [0.1, 0.15) is 0 Å². The highest BCUT2D eigenvalue weighted by atomic mass is 16.5. The van der Waals surface area contributed by atoms with Crippen LogP contribution in [0.4, 0.5) is 0 Å². The summed E-state index contributed by atoms with van der Waals surface area (Å²) in [5.41, 5.74) is 0. The zero-order valence-electron chi connectivity index (χ0n) is 14.6. The van der Waals surface area contributed by atoms with Gasteiger partial charge in [0.2, 0.25) is 0 Å². The second-order valence-corrected chi connectivity index (χ2v) is 7.53. The van der Waals surface area contributed by atoms with Crippen molar-refractivity contribution in [2.75, 3.05) is 6.61 Å². The second kappa shape index (κ2) is 10.3. The number of allylic oxidation sites excluding steroid dienone is 2. The van der Waals surface area contributed by atoms with Gasteiger partial charge in [0.05, 0.1) is 12.7 Å². The Hall–Kier alpha value is -0.560. The number of ether oxygens (including phenoxy) is 1. The third-order valence-corrected chi connectivity index (χ3v) is 5.90. The molecule has 0 aromatic heterocycles. The smallest absolute Gasteiger partial charge is 0.0648 e. The topological polar surface area (TPSA) is 9.23 Å². The fourth-order valence-electron chi connectivity index (χ4n) is 4.35. The highest BCUT2D eigenvalue weighted by Gasteiger charge is 2.24. The van der Waals surface area contributed by atoms with Crippen molar-refractivity contribution in [3.8, 4) is 0 Å². The predicted molar refractivity (Wildman–Crippen MR) is 96.0 cm³/mol. The largest absolute Gasteiger partial charge is 0.374 e. The summed E-state index contributed by atoms with van der Waals surface area (Å²) in [7, 11) is 0. The molecule has 0 aromatic carbocycles. The van der Waals surface area contributed by atoms with Crippen LogP contribution in [0.1, 0.15) is 77.6 Å². The molecule has 0 heterocycles. The van der Waals surface area contributed by atoms with E-state index in [4.69, 9.17) is 4.74 Å². The summed E-state index contributed by atoms with van der Waals surface area (Å²) >= 11 is 0. The van der Waals surface area contributed by atoms with E-state index in [0.29, 0.717) is 6.10 Å². The van der Waals surface area contributed by atoms with E-state index >= 15 is 0 Å². The molecule has 0 aromatic rings. The summed E-state index contributed by atoms with van der Waals surface area (Å²) < 4.78 is 5.80. The Kier molecular flexibility index (Phi) is 8.30. The monoisotopic (exact) mass is 304 g/mol. The van der Waals surface area contributed by atoms with E-state index in [1.165, 1.54) is 70.6 Å². The maximum atomic E-state index is 5.80. The summed E-state index contributed by atoms with van der Waals surface area (Å²) in [6, 6.07) is 0. The van der Waals surface area contributed by atoms with Crippen LogP contribution in [0.5, 0.6) is 0 Å². The molecule has 1 heteroatoms. The van der Waals surface area contributed by atoms with Crippen LogP contribution in [0, 0.1) is 17.8 Å². The van der Waals surface area contributed by atoms with Crippen LogP contribution in [0.15, 0.2) is 24.8 Å². The summed E-state index contributed by atoms with van der Waals surface area (Å²) in [6.07, 6.45) is 22.5. The van der Waals surface area contributed by atoms with Gasteiger partial charge in [0.15, 0.2) is 0 Å². The maximum absolute atomic E-state index is 5.80. The second-order valence-electron chi connectivity index (χ2n) is 7.53. The van der Waals surface area contributed by atoms with Crippen molar-refractivity contribution in [2.24, 2.45) is 17.8 Å². The molecule has 0 N–H and O–H groups in total. The Balaban J connectivity index is 1.55. The molecule has 0 unspecified atom stereocenters. The van der Waals surface area contributed by atoms with Crippen LogP contribution >= 0.6 is 0 Å². The third kappa shape index (κ3) is 6.28. The summed E-state index contributed by atoms with van der Waals surface area (Å²) in [4.78, 5) is 0. The quantitative estimate of drug-likeness (QED) is 0.478. The molecule has 0 aliphatic heterocycles. The van der Waals surface area contributed by atoms with E-state index in [0.717, 1.165) is 24.4 Å². The van der Waals surface area contributed by atoms with Crippen molar-refractivity contribution in [3.63, 3.8) is 0 Å². The van der Waals surface area contributed by atoms with Gasteiger partial charge < -0.3 is 4.74 Å². The van der Waals surface area contributed by atoms with E-state index in [1.807, 2.05) is 6.08 Å². The van der Waals surface area contributed by atoms with Gasteiger partial charge in [0.25, 0.3) is 0 Å². The molecule has 0 bridgehead atoms. The van der Waals surface area contributed by atoms with E-state index in [1.54, 1.807) is 0 Å². The lowest BCUT2D eigenvalue weighted by Gasteiger charge is -2.31. The molecule has 0 amide bonds. The lowest BCUT2D eigenvalue weighted by atomic mass is 9.76. The average molecular weight is 305 g/mol. The minimum atomic E-state index is 0.510. The van der Waals surface area contributed by atoms with Crippen LogP contribution in [0.25, 0.3) is 0 Å². The van der Waals surface area contributed by atoms with Gasteiger partial charge in [-0.15, -0.1) is 6.58 Å². The molecule has 2 fully saturated rings. The van der Waals surface area contributed by atoms with Gasteiger partial charge in [-0.25, -0.2) is 0 Å². The number of rotatable bonds is 8. The predicted octanol–water partition coefficient (Wildman–Crippen LogP) is 6.30. The SMILES string of the molecule is C=CCOC1CCC(CCC2CCC(CC=CC)CC2)CC1. The lowest BCUT2D eigenvalue weighted by molar-refractivity contribution is 0.0326. The number of hydrogen-bond acceptors (Lipinski definition) is 1. The van der Waals surface area contributed by atoms with Gasteiger partial charge in [-0.3, -0.25) is 0 Å². The molecule has 0 atom stereocenters. The molecule has 2 aliphatic carbocycles. The van der Waals surface area contributed by atoms with E-state index in [9.17, 15) is 0 Å². The first-order valence-corrected chi connectivity index (χ1v) is 9.65. The highest BCUT2D eigenvalue weighted by molar-refractivity contribution is 4.83. The maximum Gasteiger partial charge on any atom is 0.0648 e. The van der Waals surface area contributed by atoms with Crippen molar-refractivity contribution < 1.29 is 4.74 Å². The van der Waals surface area contributed by atoms with Gasteiger partial charge in [0, 0.05) is 0 Å². The lowest BCUT2D eigenvalue weighted by Crippen LogP contribution is -2.22. The van der Waals surface area contributed by atoms with E-state index in [2.05, 4.69) is 25.7 Å². The Morgan fingerprint density at radius 1 is 0.864 bits per heavy atom. The molecule has 126 valence electrons. The summed E-state index contributed by atoms with van der Waals surface area (Å²) in [5.74, 6) is 2.98. The van der Waals surface area contributed by atoms with Crippen LogP contribution in [-0.2, 0) is 4.74 Å². The van der Waals surface area contributed by atoms with Crippen molar-refractivity contribution in [1.29, 1.82) is 0 Å². The molecule has 2 aliphatic rings. The summed E-state index contributed by atoms with van der Waals surface area (Å²) in [6.45, 7) is 6.60. The highest BCUT2D eigenvalue weighted by Crippen LogP contribution is 2.36. The van der Waals surface area contributed by atoms with Crippen LogP contribution in [-0.4, -0.2) is 12.7 Å². The van der Waals surface area contributed by atoms with Crippen LogP contribution in [0.2, 0.25) is 0 Å². The molecule has 2 saturated carbocycles. The normalized spacial score (nSPS) is 33.1. The molecular formula is C21H36O. The molecule has 0 saturated heterocycles.